The molecule has 1 amide bonds. The Morgan fingerprint density at radius 3 is 2.21 bits per heavy atom. The van der Waals surface area contributed by atoms with E-state index < -0.39 is 0 Å². The van der Waals surface area contributed by atoms with Crippen molar-refractivity contribution in [2.45, 2.75) is 24.1 Å². The second-order valence-corrected chi connectivity index (χ2v) is 7.68. The van der Waals surface area contributed by atoms with Crippen molar-refractivity contribution in [2.24, 2.45) is 0 Å². The molecular formula is C23H22ClNO2S. The molecule has 0 saturated heterocycles. The number of carbonyl (C=O) groups excluding carboxylic acids is 1. The lowest BCUT2D eigenvalue weighted by atomic mass is 10.1. The number of amides is 1. The van der Waals surface area contributed by atoms with Crippen molar-refractivity contribution >= 4 is 29.3 Å². The molecule has 0 atom stereocenters. The quantitative estimate of drug-likeness (QED) is 0.464. The van der Waals surface area contributed by atoms with Gasteiger partial charge in [0.15, 0.2) is 0 Å². The van der Waals surface area contributed by atoms with E-state index in [0.717, 1.165) is 22.1 Å². The van der Waals surface area contributed by atoms with Crippen LogP contribution in [-0.2, 0) is 12.3 Å². The maximum atomic E-state index is 12.4. The first-order valence-corrected chi connectivity index (χ1v) is 10.5. The predicted octanol–water partition coefficient (Wildman–Crippen LogP) is 5.96. The van der Waals surface area contributed by atoms with E-state index in [0.29, 0.717) is 18.7 Å². The zero-order valence-electron chi connectivity index (χ0n) is 15.7. The summed E-state index contributed by atoms with van der Waals surface area (Å²) in [6.07, 6.45) is 0. The lowest BCUT2D eigenvalue weighted by Gasteiger charge is -2.08. The number of carbonyl (C=O) groups is 1. The fourth-order valence-electron chi connectivity index (χ4n) is 2.60. The van der Waals surface area contributed by atoms with Gasteiger partial charge in [0.1, 0.15) is 5.75 Å². The van der Waals surface area contributed by atoms with Gasteiger partial charge in [-0.2, -0.15) is 0 Å². The van der Waals surface area contributed by atoms with Gasteiger partial charge in [-0.15, -0.1) is 11.8 Å². The smallest absolute Gasteiger partial charge is 0.251 e. The molecule has 28 heavy (non-hydrogen) atoms. The Kier molecular flexibility index (Phi) is 7.40. The van der Waals surface area contributed by atoms with Crippen LogP contribution in [0, 0.1) is 0 Å². The summed E-state index contributed by atoms with van der Waals surface area (Å²) in [5.41, 5.74) is 2.86. The van der Waals surface area contributed by atoms with Crippen LogP contribution in [0.1, 0.15) is 28.4 Å². The van der Waals surface area contributed by atoms with Crippen molar-refractivity contribution in [1.82, 2.24) is 5.32 Å². The Labute approximate surface area is 175 Å². The molecule has 0 unspecified atom stereocenters. The normalized spacial score (nSPS) is 10.5. The van der Waals surface area contributed by atoms with Gasteiger partial charge in [0.2, 0.25) is 0 Å². The minimum Gasteiger partial charge on any atom is -0.494 e. The fraction of sp³-hybridized carbons (Fsp3) is 0.174. The first-order chi connectivity index (χ1) is 13.6. The number of benzene rings is 3. The third-order valence-corrected chi connectivity index (χ3v) is 5.46. The van der Waals surface area contributed by atoms with E-state index in [9.17, 15) is 4.79 Å². The number of ether oxygens (including phenoxy) is 1. The van der Waals surface area contributed by atoms with Crippen molar-refractivity contribution in [1.29, 1.82) is 0 Å². The second kappa shape index (κ2) is 10.2. The molecule has 0 fully saturated rings. The number of rotatable bonds is 8. The van der Waals surface area contributed by atoms with Gasteiger partial charge in [-0.3, -0.25) is 4.79 Å². The third kappa shape index (κ3) is 6.04. The molecule has 3 nitrogen and oxygen atoms in total. The van der Waals surface area contributed by atoms with Gasteiger partial charge in [0.25, 0.3) is 5.91 Å². The van der Waals surface area contributed by atoms with Gasteiger partial charge in [0.05, 0.1) is 6.61 Å². The zero-order chi connectivity index (χ0) is 19.8. The average molecular weight is 412 g/mol. The molecular weight excluding hydrogens is 390 g/mol. The van der Waals surface area contributed by atoms with Crippen LogP contribution in [0.4, 0.5) is 0 Å². The van der Waals surface area contributed by atoms with E-state index in [2.05, 4.69) is 5.32 Å². The molecule has 0 heterocycles. The fourth-order valence-corrected chi connectivity index (χ4v) is 3.58. The lowest BCUT2D eigenvalue weighted by molar-refractivity contribution is 0.0951. The summed E-state index contributed by atoms with van der Waals surface area (Å²) in [4.78, 5) is 13.5. The molecule has 0 spiro atoms. The number of hydrogen-bond acceptors (Lipinski definition) is 3. The molecule has 3 aromatic carbocycles. The van der Waals surface area contributed by atoms with Crippen molar-refractivity contribution in [3.05, 3.63) is 94.5 Å². The summed E-state index contributed by atoms with van der Waals surface area (Å²) in [6.45, 7) is 3.08. The maximum absolute atomic E-state index is 12.4. The third-order valence-electron chi connectivity index (χ3n) is 4.12. The van der Waals surface area contributed by atoms with Crippen molar-refractivity contribution in [3.8, 4) is 5.75 Å². The van der Waals surface area contributed by atoms with Crippen LogP contribution in [0.25, 0.3) is 0 Å². The van der Waals surface area contributed by atoms with Crippen LogP contribution in [0.15, 0.2) is 77.7 Å². The minimum absolute atomic E-state index is 0.0780. The van der Waals surface area contributed by atoms with E-state index in [1.54, 1.807) is 11.8 Å². The van der Waals surface area contributed by atoms with Crippen LogP contribution in [-0.4, -0.2) is 12.5 Å². The summed E-state index contributed by atoms with van der Waals surface area (Å²) < 4.78 is 5.43. The topological polar surface area (TPSA) is 38.3 Å². The highest BCUT2D eigenvalue weighted by atomic mass is 35.5. The van der Waals surface area contributed by atoms with Gasteiger partial charge in [0, 0.05) is 27.8 Å². The molecule has 0 aromatic heterocycles. The Hall–Kier alpha value is -2.43. The maximum Gasteiger partial charge on any atom is 0.251 e. The lowest BCUT2D eigenvalue weighted by Crippen LogP contribution is -2.22. The number of nitrogens with one attached hydrogen (secondary N) is 1. The average Bonchev–Trinajstić information content (AvgIpc) is 2.73. The van der Waals surface area contributed by atoms with Crippen LogP contribution < -0.4 is 10.1 Å². The minimum atomic E-state index is -0.0780. The van der Waals surface area contributed by atoms with Crippen molar-refractivity contribution < 1.29 is 9.53 Å². The number of thioether (sulfide) groups is 1. The van der Waals surface area contributed by atoms with E-state index in [1.165, 1.54) is 10.5 Å². The Balaban J connectivity index is 1.49. The molecule has 0 aliphatic heterocycles. The summed E-state index contributed by atoms with van der Waals surface area (Å²) in [5.74, 6) is 1.60. The summed E-state index contributed by atoms with van der Waals surface area (Å²) in [6, 6.07) is 23.3. The summed E-state index contributed by atoms with van der Waals surface area (Å²) in [7, 11) is 0. The first-order valence-electron chi connectivity index (χ1n) is 9.11. The predicted molar refractivity (Wildman–Crippen MR) is 116 cm³/mol. The molecule has 0 bridgehead atoms. The largest absolute Gasteiger partial charge is 0.494 e. The van der Waals surface area contributed by atoms with Crippen LogP contribution >= 0.6 is 23.4 Å². The highest BCUT2D eigenvalue weighted by Gasteiger charge is 2.06. The molecule has 3 rings (SSSR count). The van der Waals surface area contributed by atoms with Gasteiger partial charge in [-0.25, -0.2) is 0 Å². The molecule has 5 heteroatoms. The first kappa shape index (κ1) is 20.3. The monoisotopic (exact) mass is 411 g/mol. The molecule has 0 aliphatic rings. The number of halogens is 1. The van der Waals surface area contributed by atoms with Gasteiger partial charge >= 0.3 is 0 Å². The highest BCUT2D eigenvalue weighted by molar-refractivity contribution is 7.98. The van der Waals surface area contributed by atoms with Crippen molar-refractivity contribution in [2.75, 3.05) is 6.61 Å². The molecule has 3 aromatic rings. The Morgan fingerprint density at radius 2 is 1.57 bits per heavy atom. The molecule has 144 valence electrons. The summed E-state index contributed by atoms with van der Waals surface area (Å²) >= 11 is 7.65. The molecule has 0 radical (unpaired) electrons. The highest BCUT2D eigenvalue weighted by Crippen LogP contribution is 2.24. The van der Waals surface area contributed by atoms with Gasteiger partial charge in [-0.05, 0) is 66.6 Å². The Morgan fingerprint density at radius 1 is 0.929 bits per heavy atom. The molecule has 0 aliphatic carbocycles. The van der Waals surface area contributed by atoms with E-state index >= 15 is 0 Å². The summed E-state index contributed by atoms with van der Waals surface area (Å²) in [5, 5.41) is 3.69. The molecule has 1 N–H and O–H groups in total. The molecule has 0 saturated carbocycles. The number of hydrogen-bond donors (Lipinski definition) is 1. The Bertz CT molecular complexity index is 893. The van der Waals surface area contributed by atoms with E-state index in [1.807, 2.05) is 79.7 Å². The van der Waals surface area contributed by atoms with Gasteiger partial charge < -0.3 is 10.1 Å². The van der Waals surface area contributed by atoms with Gasteiger partial charge in [-0.1, -0.05) is 35.9 Å². The van der Waals surface area contributed by atoms with Crippen LogP contribution in [0.3, 0.4) is 0 Å². The SMILES string of the molecule is CCOc1ccc(CNC(=O)c2ccc(CSc3ccc(Cl)cc3)cc2)cc1. The van der Waals surface area contributed by atoms with Crippen LogP contribution in [0.5, 0.6) is 5.75 Å². The zero-order valence-corrected chi connectivity index (χ0v) is 17.2. The van der Waals surface area contributed by atoms with Crippen molar-refractivity contribution in [3.63, 3.8) is 0 Å². The second-order valence-electron chi connectivity index (χ2n) is 6.20. The van der Waals surface area contributed by atoms with E-state index in [-0.39, 0.29) is 5.91 Å². The standard InChI is InChI=1S/C23H22ClNO2S/c1-2-27-21-11-5-17(6-12-21)15-25-23(26)19-7-3-18(4-8-19)16-28-22-13-9-20(24)10-14-22/h3-14H,2,15-16H2,1H3,(H,25,26). The van der Waals surface area contributed by atoms with Crippen LogP contribution in [0.2, 0.25) is 5.02 Å². The van der Waals surface area contributed by atoms with E-state index in [4.69, 9.17) is 16.3 Å².